The van der Waals surface area contributed by atoms with Crippen LogP contribution >= 0.6 is 0 Å². The van der Waals surface area contributed by atoms with E-state index in [2.05, 4.69) is 13.8 Å². The van der Waals surface area contributed by atoms with Crippen LogP contribution in [0.15, 0.2) is 0 Å². The molecule has 0 aliphatic carbocycles. The van der Waals surface area contributed by atoms with E-state index < -0.39 is 0 Å². The van der Waals surface area contributed by atoms with Crippen LogP contribution in [0.25, 0.3) is 0 Å². The van der Waals surface area contributed by atoms with Gasteiger partial charge in [0.25, 0.3) is 0 Å². The van der Waals surface area contributed by atoms with Gasteiger partial charge in [-0.2, -0.15) is 0 Å². The number of hydrogen-bond donors (Lipinski definition) is 0. The zero-order valence-electron chi connectivity index (χ0n) is 11.5. The molecule has 1 aliphatic rings. The Morgan fingerprint density at radius 2 is 1.53 bits per heavy atom. The van der Waals surface area contributed by atoms with Crippen LogP contribution in [-0.4, -0.2) is 12.1 Å². The summed E-state index contributed by atoms with van der Waals surface area (Å²) < 4.78 is 5.16. The first-order valence-corrected chi connectivity index (χ1v) is 7.50. The Kier molecular flexibility index (Phi) is 7.30. The molecule has 2 nitrogen and oxygen atoms in total. The molecule has 0 aromatic rings. The zero-order valence-corrected chi connectivity index (χ0v) is 11.5. The van der Waals surface area contributed by atoms with Gasteiger partial charge >= 0.3 is 5.97 Å². The van der Waals surface area contributed by atoms with Gasteiger partial charge in [-0.05, 0) is 12.8 Å². The molecule has 100 valence electrons. The number of hydrogen-bond acceptors (Lipinski definition) is 2. The van der Waals surface area contributed by atoms with Crippen LogP contribution in [0.3, 0.4) is 0 Å². The van der Waals surface area contributed by atoms with Crippen LogP contribution < -0.4 is 0 Å². The lowest BCUT2D eigenvalue weighted by Crippen LogP contribution is -2.44. The third-order valence-corrected chi connectivity index (χ3v) is 3.71. The van der Waals surface area contributed by atoms with Crippen LogP contribution in [0.4, 0.5) is 0 Å². The molecule has 2 heteroatoms. The van der Waals surface area contributed by atoms with Gasteiger partial charge in [-0.25, -0.2) is 0 Å². The zero-order chi connectivity index (χ0) is 12.5. The summed E-state index contributed by atoms with van der Waals surface area (Å²) in [5, 5.41) is 0. The molecule has 1 rings (SSSR count). The minimum atomic E-state index is 0.0504. The van der Waals surface area contributed by atoms with E-state index >= 15 is 0 Å². The molecule has 0 aromatic heterocycles. The van der Waals surface area contributed by atoms with Gasteiger partial charge in [0.2, 0.25) is 0 Å². The lowest BCUT2D eigenvalue weighted by molar-refractivity contribution is -0.186. The SMILES string of the molecule is CCCCCCCCCC1C(=O)OC1CCC. The molecule has 0 bridgehead atoms. The number of carbonyl (C=O) groups excluding carboxylic acids is 1. The highest BCUT2D eigenvalue weighted by Gasteiger charge is 2.40. The van der Waals surface area contributed by atoms with Crippen molar-refractivity contribution in [3.05, 3.63) is 0 Å². The van der Waals surface area contributed by atoms with E-state index in [0.29, 0.717) is 0 Å². The maximum atomic E-state index is 11.3. The van der Waals surface area contributed by atoms with E-state index in [4.69, 9.17) is 4.74 Å². The fourth-order valence-electron chi connectivity index (χ4n) is 2.57. The average molecular weight is 240 g/mol. The van der Waals surface area contributed by atoms with Gasteiger partial charge in [0.05, 0.1) is 5.92 Å². The standard InChI is InChI=1S/C15H28O2/c1-3-5-6-7-8-9-10-12-13-14(11-4-2)17-15(13)16/h13-14H,3-12H2,1-2H3. The summed E-state index contributed by atoms with van der Waals surface area (Å²) in [4.78, 5) is 11.3. The van der Waals surface area contributed by atoms with Gasteiger partial charge < -0.3 is 4.74 Å². The molecule has 1 heterocycles. The van der Waals surface area contributed by atoms with E-state index in [0.717, 1.165) is 19.3 Å². The normalized spacial score (nSPS) is 23.3. The predicted molar refractivity (Wildman–Crippen MR) is 70.9 cm³/mol. The van der Waals surface area contributed by atoms with E-state index in [-0.39, 0.29) is 18.0 Å². The Morgan fingerprint density at radius 3 is 2.12 bits per heavy atom. The van der Waals surface area contributed by atoms with E-state index in [1.54, 1.807) is 0 Å². The maximum absolute atomic E-state index is 11.3. The van der Waals surface area contributed by atoms with E-state index in [1.165, 1.54) is 44.9 Å². The number of ether oxygens (including phenoxy) is 1. The predicted octanol–water partition coefficient (Wildman–Crippen LogP) is 4.47. The topological polar surface area (TPSA) is 26.3 Å². The number of carbonyl (C=O) groups is 1. The summed E-state index contributed by atoms with van der Waals surface area (Å²) in [6, 6.07) is 0. The van der Waals surface area contributed by atoms with Crippen LogP contribution in [-0.2, 0) is 9.53 Å². The molecule has 1 aliphatic heterocycles. The highest BCUT2D eigenvalue weighted by Crippen LogP contribution is 2.30. The number of rotatable bonds is 10. The second-order valence-corrected chi connectivity index (χ2v) is 5.28. The third-order valence-electron chi connectivity index (χ3n) is 3.71. The Labute approximate surface area is 106 Å². The quantitative estimate of drug-likeness (QED) is 0.416. The summed E-state index contributed by atoms with van der Waals surface area (Å²) in [7, 11) is 0. The molecule has 17 heavy (non-hydrogen) atoms. The molecule has 2 atom stereocenters. The van der Waals surface area contributed by atoms with Crippen molar-refractivity contribution in [3.8, 4) is 0 Å². The van der Waals surface area contributed by atoms with Crippen molar-refractivity contribution in [1.82, 2.24) is 0 Å². The van der Waals surface area contributed by atoms with Gasteiger partial charge in [0.1, 0.15) is 6.10 Å². The summed E-state index contributed by atoms with van der Waals surface area (Å²) in [5.74, 6) is 0.278. The number of cyclic esters (lactones) is 1. The second-order valence-electron chi connectivity index (χ2n) is 5.28. The molecular formula is C15H28O2. The molecule has 0 spiro atoms. The number of unbranched alkanes of at least 4 members (excludes halogenated alkanes) is 6. The Bertz CT molecular complexity index is 213. The lowest BCUT2D eigenvalue weighted by atomic mass is 9.88. The maximum Gasteiger partial charge on any atom is 0.313 e. The fourth-order valence-corrected chi connectivity index (χ4v) is 2.57. The monoisotopic (exact) mass is 240 g/mol. The van der Waals surface area contributed by atoms with Crippen molar-refractivity contribution < 1.29 is 9.53 Å². The second kappa shape index (κ2) is 8.54. The smallest absolute Gasteiger partial charge is 0.313 e. The third kappa shape index (κ3) is 5.10. The van der Waals surface area contributed by atoms with Crippen molar-refractivity contribution >= 4 is 5.97 Å². The molecule has 0 aromatic carbocycles. The molecule has 0 saturated carbocycles. The molecule has 2 unspecified atom stereocenters. The first-order valence-electron chi connectivity index (χ1n) is 7.50. The first kappa shape index (κ1) is 14.5. The van der Waals surface area contributed by atoms with Crippen molar-refractivity contribution in [2.24, 2.45) is 5.92 Å². The van der Waals surface area contributed by atoms with Crippen LogP contribution in [0.2, 0.25) is 0 Å². The van der Waals surface area contributed by atoms with Crippen molar-refractivity contribution in [2.75, 3.05) is 0 Å². The Balaban J connectivity index is 1.96. The lowest BCUT2D eigenvalue weighted by Gasteiger charge is -2.35. The van der Waals surface area contributed by atoms with Gasteiger partial charge in [-0.3, -0.25) is 4.79 Å². The summed E-state index contributed by atoms with van der Waals surface area (Å²) in [5.41, 5.74) is 0. The molecule has 0 N–H and O–H groups in total. The summed E-state index contributed by atoms with van der Waals surface area (Å²) in [6.45, 7) is 4.40. The van der Waals surface area contributed by atoms with Gasteiger partial charge in [-0.1, -0.05) is 65.2 Å². The van der Waals surface area contributed by atoms with Crippen LogP contribution in [0.1, 0.15) is 78.1 Å². The highest BCUT2D eigenvalue weighted by atomic mass is 16.6. The molecular weight excluding hydrogens is 212 g/mol. The minimum absolute atomic E-state index is 0.0504. The largest absolute Gasteiger partial charge is 0.461 e. The highest BCUT2D eigenvalue weighted by molar-refractivity contribution is 5.78. The fraction of sp³-hybridized carbons (Fsp3) is 0.933. The van der Waals surface area contributed by atoms with E-state index in [1.807, 2.05) is 0 Å². The van der Waals surface area contributed by atoms with Crippen molar-refractivity contribution in [1.29, 1.82) is 0 Å². The Morgan fingerprint density at radius 1 is 0.882 bits per heavy atom. The summed E-state index contributed by atoms with van der Waals surface area (Å²) in [6.07, 6.45) is 12.7. The van der Waals surface area contributed by atoms with Gasteiger partial charge in [0.15, 0.2) is 0 Å². The molecule has 0 amide bonds. The minimum Gasteiger partial charge on any atom is -0.461 e. The van der Waals surface area contributed by atoms with Crippen molar-refractivity contribution in [3.63, 3.8) is 0 Å². The molecule has 0 radical (unpaired) electrons. The van der Waals surface area contributed by atoms with Crippen LogP contribution in [0.5, 0.6) is 0 Å². The van der Waals surface area contributed by atoms with Gasteiger partial charge in [0, 0.05) is 0 Å². The average Bonchev–Trinajstić information content (AvgIpc) is 2.32. The Hall–Kier alpha value is -0.530. The van der Waals surface area contributed by atoms with Gasteiger partial charge in [-0.15, -0.1) is 0 Å². The van der Waals surface area contributed by atoms with E-state index in [9.17, 15) is 4.79 Å². The van der Waals surface area contributed by atoms with Crippen molar-refractivity contribution in [2.45, 2.75) is 84.2 Å². The molecule has 1 fully saturated rings. The molecule has 1 saturated heterocycles. The van der Waals surface area contributed by atoms with Crippen LogP contribution in [0, 0.1) is 5.92 Å². The summed E-state index contributed by atoms with van der Waals surface area (Å²) >= 11 is 0. The first-order chi connectivity index (χ1) is 8.29. The number of esters is 1.